The second-order valence-electron chi connectivity index (χ2n) is 5.08. The number of carbonyl (C=O) groups is 1. The van der Waals surface area contributed by atoms with Crippen molar-refractivity contribution in [2.24, 2.45) is 0 Å². The molecule has 1 aromatic rings. The van der Waals surface area contributed by atoms with Gasteiger partial charge in [-0.05, 0) is 21.0 Å². The van der Waals surface area contributed by atoms with Gasteiger partial charge < -0.3 is 19.3 Å². The highest BCUT2D eigenvalue weighted by atomic mass is 16.5. The van der Waals surface area contributed by atoms with Crippen LogP contribution in [-0.4, -0.2) is 74.1 Å². The second kappa shape index (κ2) is 7.78. The van der Waals surface area contributed by atoms with E-state index < -0.39 is 0 Å². The molecule has 118 valence electrons. The zero-order valence-electron chi connectivity index (χ0n) is 13.6. The number of carbonyl (C=O) groups excluding carboxylic acids is 1. The Labute approximate surface area is 125 Å². The van der Waals surface area contributed by atoms with E-state index in [1.165, 1.54) is 14.2 Å². The minimum atomic E-state index is 0.00650. The van der Waals surface area contributed by atoms with Crippen molar-refractivity contribution in [1.82, 2.24) is 19.8 Å². The molecule has 21 heavy (non-hydrogen) atoms. The average Bonchev–Trinajstić information content (AvgIpc) is 2.46. The zero-order chi connectivity index (χ0) is 16.0. The molecule has 0 N–H and O–H groups in total. The van der Waals surface area contributed by atoms with Crippen molar-refractivity contribution in [2.75, 3.05) is 48.5 Å². The lowest BCUT2D eigenvalue weighted by Crippen LogP contribution is -2.34. The van der Waals surface area contributed by atoms with E-state index in [0.29, 0.717) is 23.7 Å². The van der Waals surface area contributed by atoms with E-state index in [9.17, 15) is 4.79 Å². The van der Waals surface area contributed by atoms with E-state index in [1.54, 1.807) is 11.9 Å². The molecule has 1 rings (SSSR count). The highest BCUT2D eigenvalue weighted by molar-refractivity contribution is 5.79. The van der Waals surface area contributed by atoms with Crippen LogP contribution in [-0.2, 0) is 11.2 Å². The first-order valence-corrected chi connectivity index (χ1v) is 6.73. The topological polar surface area (TPSA) is 67.8 Å². The Bertz CT molecular complexity index is 491. The average molecular weight is 296 g/mol. The molecule has 1 amide bonds. The Morgan fingerprint density at radius 1 is 1.10 bits per heavy atom. The second-order valence-corrected chi connectivity index (χ2v) is 5.08. The molecule has 1 aromatic heterocycles. The van der Waals surface area contributed by atoms with Gasteiger partial charge in [0.05, 0.1) is 26.3 Å². The lowest BCUT2D eigenvalue weighted by molar-refractivity contribution is -0.129. The summed E-state index contributed by atoms with van der Waals surface area (Å²) in [4.78, 5) is 24.3. The molecule has 0 aliphatic heterocycles. The maximum atomic E-state index is 12.3. The van der Waals surface area contributed by atoms with E-state index in [0.717, 1.165) is 6.54 Å². The number of likely N-dealkylation sites (N-methyl/N-ethyl adjacent to an activating group) is 2. The van der Waals surface area contributed by atoms with Gasteiger partial charge in [0.25, 0.3) is 0 Å². The van der Waals surface area contributed by atoms with E-state index in [-0.39, 0.29) is 18.3 Å². The van der Waals surface area contributed by atoms with E-state index in [1.807, 2.05) is 25.9 Å². The number of rotatable bonds is 7. The van der Waals surface area contributed by atoms with Gasteiger partial charge in [-0.3, -0.25) is 4.79 Å². The monoisotopic (exact) mass is 296 g/mol. The maximum absolute atomic E-state index is 12.3. The lowest BCUT2D eigenvalue weighted by Gasteiger charge is -2.20. The molecule has 0 saturated heterocycles. The number of aromatic nitrogens is 2. The van der Waals surface area contributed by atoms with Gasteiger partial charge in [0, 0.05) is 25.7 Å². The summed E-state index contributed by atoms with van der Waals surface area (Å²) >= 11 is 0. The summed E-state index contributed by atoms with van der Waals surface area (Å²) in [5.41, 5.74) is 1.38. The summed E-state index contributed by atoms with van der Waals surface area (Å²) in [6.45, 7) is 3.30. The van der Waals surface area contributed by atoms with Crippen LogP contribution in [0.15, 0.2) is 0 Å². The first-order valence-electron chi connectivity index (χ1n) is 6.73. The fourth-order valence-corrected chi connectivity index (χ4v) is 1.77. The molecule has 0 aliphatic carbocycles. The van der Waals surface area contributed by atoms with Gasteiger partial charge in [-0.1, -0.05) is 0 Å². The fraction of sp³-hybridized carbons (Fsp3) is 0.643. The van der Waals surface area contributed by atoms with Crippen molar-refractivity contribution in [3.8, 4) is 11.9 Å². The lowest BCUT2D eigenvalue weighted by atomic mass is 10.1. The largest absolute Gasteiger partial charge is 0.481 e. The van der Waals surface area contributed by atoms with Crippen LogP contribution in [0.25, 0.3) is 0 Å². The Kier molecular flexibility index (Phi) is 6.36. The van der Waals surface area contributed by atoms with Gasteiger partial charge in [0.1, 0.15) is 0 Å². The van der Waals surface area contributed by atoms with Crippen molar-refractivity contribution in [3.05, 3.63) is 11.3 Å². The predicted molar refractivity (Wildman–Crippen MR) is 79.8 cm³/mol. The molecule has 0 aromatic carbocycles. The van der Waals surface area contributed by atoms with Crippen LogP contribution >= 0.6 is 0 Å². The molecule has 7 heteroatoms. The molecule has 0 atom stereocenters. The summed E-state index contributed by atoms with van der Waals surface area (Å²) in [5, 5.41) is 0. The highest BCUT2D eigenvalue weighted by Gasteiger charge is 2.18. The molecule has 0 aliphatic rings. The molecule has 0 radical (unpaired) electrons. The number of methoxy groups -OCH3 is 2. The summed E-state index contributed by atoms with van der Waals surface area (Å²) < 4.78 is 10.2. The number of hydrogen-bond donors (Lipinski definition) is 0. The normalized spacial score (nSPS) is 10.6. The van der Waals surface area contributed by atoms with E-state index in [2.05, 4.69) is 9.97 Å². The van der Waals surface area contributed by atoms with Gasteiger partial charge in [-0.2, -0.15) is 4.98 Å². The highest BCUT2D eigenvalue weighted by Crippen LogP contribution is 2.22. The van der Waals surface area contributed by atoms with Crippen molar-refractivity contribution >= 4 is 5.91 Å². The molecular weight excluding hydrogens is 272 g/mol. The fourth-order valence-electron chi connectivity index (χ4n) is 1.77. The predicted octanol–water partition coefficient (Wildman–Crippen LogP) is 0.365. The van der Waals surface area contributed by atoms with Crippen LogP contribution in [0, 0.1) is 6.92 Å². The van der Waals surface area contributed by atoms with Gasteiger partial charge in [0.15, 0.2) is 0 Å². The van der Waals surface area contributed by atoms with Crippen molar-refractivity contribution < 1.29 is 14.3 Å². The first kappa shape index (κ1) is 17.2. The number of hydrogen-bond acceptors (Lipinski definition) is 6. The third kappa shape index (κ3) is 4.86. The van der Waals surface area contributed by atoms with Gasteiger partial charge in [0.2, 0.25) is 11.8 Å². The molecule has 0 bridgehead atoms. The van der Waals surface area contributed by atoms with Crippen LogP contribution in [0.3, 0.4) is 0 Å². The van der Waals surface area contributed by atoms with Crippen LogP contribution in [0.5, 0.6) is 11.9 Å². The standard InChI is InChI=1S/C14H24N4O3/c1-10-11(13(20-5)16-14(15-10)21-6)9-12(19)18(4)8-7-17(2)3/h7-9H2,1-6H3. The van der Waals surface area contributed by atoms with Crippen LogP contribution < -0.4 is 9.47 Å². The maximum Gasteiger partial charge on any atom is 0.319 e. The van der Waals surface area contributed by atoms with Gasteiger partial charge in [-0.25, -0.2) is 4.98 Å². The molecular formula is C14H24N4O3. The number of amides is 1. The molecule has 0 fully saturated rings. The van der Waals surface area contributed by atoms with Gasteiger partial charge >= 0.3 is 6.01 Å². The third-order valence-corrected chi connectivity index (χ3v) is 3.17. The SMILES string of the molecule is COc1nc(C)c(CC(=O)N(C)CCN(C)C)c(OC)n1. The summed E-state index contributed by atoms with van der Waals surface area (Å²) in [7, 11) is 8.75. The molecule has 0 saturated carbocycles. The third-order valence-electron chi connectivity index (χ3n) is 3.17. The Hall–Kier alpha value is -1.89. The van der Waals surface area contributed by atoms with Crippen LogP contribution in [0.4, 0.5) is 0 Å². The minimum absolute atomic E-state index is 0.00650. The Balaban J connectivity index is 2.84. The molecule has 0 spiro atoms. The van der Waals surface area contributed by atoms with Crippen molar-refractivity contribution in [3.63, 3.8) is 0 Å². The van der Waals surface area contributed by atoms with E-state index in [4.69, 9.17) is 9.47 Å². The number of aryl methyl sites for hydroxylation is 1. The van der Waals surface area contributed by atoms with Crippen molar-refractivity contribution in [1.29, 1.82) is 0 Å². The minimum Gasteiger partial charge on any atom is -0.481 e. The van der Waals surface area contributed by atoms with E-state index >= 15 is 0 Å². The number of nitrogens with zero attached hydrogens (tertiary/aromatic N) is 4. The zero-order valence-corrected chi connectivity index (χ0v) is 13.6. The van der Waals surface area contributed by atoms with Gasteiger partial charge in [-0.15, -0.1) is 0 Å². The summed E-state index contributed by atoms with van der Waals surface area (Å²) in [6.07, 6.45) is 0.211. The Morgan fingerprint density at radius 3 is 2.29 bits per heavy atom. The summed E-state index contributed by atoms with van der Waals surface area (Å²) in [6, 6.07) is 0.238. The van der Waals surface area contributed by atoms with Crippen LogP contribution in [0.2, 0.25) is 0 Å². The quantitative estimate of drug-likeness (QED) is 0.724. The Morgan fingerprint density at radius 2 is 1.76 bits per heavy atom. The first-order chi connectivity index (χ1) is 9.88. The number of ether oxygens (including phenoxy) is 2. The molecule has 7 nitrogen and oxygen atoms in total. The smallest absolute Gasteiger partial charge is 0.319 e. The molecule has 1 heterocycles. The summed E-state index contributed by atoms with van der Waals surface area (Å²) in [5.74, 6) is 0.390. The van der Waals surface area contributed by atoms with Crippen molar-refractivity contribution in [2.45, 2.75) is 13.3 Å². The molecule has 0 unspecified atom stereocenters. The van der Waals surface area contributed by atoms with Crippen LogP contribution in [0.1, 0.15) is 11.3 Å².